The Kier molecular flexibility index (Phi) is 4.10. The molecule has 1 fully saturated rings. The van der Waals surface area contributed by atoms with Crippen LogP contribution in [-0.2, 0) is 0 Å². The molecule has 3 nitrogen and oxygen atoms in total. The van der Waals surface area contributed by atoms with Crippen molar-refractivity contribution >= 4 is 17.4 Å². The van der Waals surface area contributed by atoms with Crippen molar-refractivity contribution in [2.24, 2.45) is 5.92 Å². The maximum absolute atomic E-state index is 6.13. The molecule has 1 heterocycles. The standard InChI is InChI=1S/C14H22ClN3/c1-9(2)8-18(10(3)4)13-7-12(15)16-14(17-13)11-5-6-11/h7,9-11H,5-6,8H2,1-4H3. The molecule has 1 saturated carbocycles. The molecule has 18 heavy (non-hydrogen) atoms. The van der Waals surface area contributed by atoms with Gasteiger partial charge in [0.1, 0.15) is 16.8 Å². The second-order valence-corrected chi connectivity index (χ2v) is 6.21. The maximum atomic E-state index is 6.13. The van der Waals surface area contributed by atoms with Gasteiger partial charge in [0.2, 0.25) is 0 Å². The van der Waals surface area contributed by atoms with E-state index in [1.54, 1.807) is 0 Å². The smallest absolute Gasteiger partial charge is 0.135 e. The van der Waals surface area contributed by atoms with Gasteiger partial charge >= 0.3 is 0 Å². The summed E-state index contributed by atoms with van der Waals surface area (Å²) in [6.45, 7) is 9.82. The minimum absolute atomic E-state index is 0.422. The Morgan fingerprint density at radius 3 is 2.44 bits per heavy atom. The minimum Gasteiger partial charge on any atom is -0.354 e. The second kappa shape index (κ2) is 5.43. The van der Waals surface area contributed by atoms with Gasteiger partial charge in [-0.3, -0.25) is 0 Å². The van der Waals surface area contributed by atoms with Crippen LogP contribution in [0, 0.1) is 5.92 Å². The van der Waals surface area contributed by atoms with Gasteiger partial charge in [-0.25, -0.2) is 9.97 Å². The van der Waals surface area contributed by atoms with Gasteiger partial charge in [-0.15, -0.1) is 0 Å². The first kappa shape index (κ1) is 13.6. The molecule has 0 spiro atoms. The molecule has 1 aliphatic carbocycles. The largest absolute Gasteiger partial charge is 0.354 e. The topological polar surface area (TPSA) is 29.0 Å². The van der Waals surface area contributed by atoms with Crippen LogP contribution >= 0.6 is 11.6 Å². The van der Waals surface area contributed by atoms with E-state index in [1.165, 1.54) is 12.8 Å². The van der Waals surface area contributed by atoms with Crippen molar-refractivity contribution in [3.8, 4) is 0 Å². The van der Waals surface area contributed by atoms with E-state index in [1.807, 2.05) is 6.07 Å². The highest BCUT2D eigenvalue weighted by molar-refractivity contribution is 6.29. The van der Waals surface area contributed by atoms with Crippen molar-refractivity contribution in [2.75, 3.05) is 11.4 Å². The predicted molar refractivity (Wildman–Crippen MR) is 76.3 cm³/mol. The molecule has 0 saturated heterocycles. The van der Waals surface area contributed by atoms with Crippen molar-refractivity contribution in [3.05, 3.63) is 17.0 Å². The van der Waals surface area contributed by atoms with Gasteiger partial charge in [0.05, 0.1) is 0 Å². The fraction of sp³-hybridized carbons (Fsp3) is 0.714. The van der Waals surface area contributed by atoms with Crippen LogP contribution in [0.1, 0.15) is 52.3 Å². The fourth-order valence-corrected chi connectivity index (χ4v) is 2.24. The van der Waals surface area contributed by atoms with E-state index < -0.39 is 0 Å². The highest BCUT2D eigenvalue weighted by atomic mass is 35.5. The SMILES string of the molecule is CC(C)CN(c1cc(Cl)nc(C2CC2)n1)C(C)C. The summed E-state index contributed by atoms with van der Waals surface area (Å²) in [5.74, 6) is 3.04. The van der Waals surface area contributed by atoms with Gasteiger partial charge in [0.15, 0.2) is 0 Å². The Bertz CT molecular complexity index is 414. The van der Waals surface area contributed by atoms with E-state index in [0.717, 1.165) is 18.2 Å². The molecule has 4 heteroatoms. The lowest BCUT2D eigenvalue weighted by Crippen LogP contribution is -2.35. The zero-order valence-electron chi connectivity index (χ0n) is 11.7. The molecule has 0 unspecified atom stereocenters. The average Bonchev–Trinajstić information content (AvgIpc) is 3.08. The van der Waals surface area contributed by atoms with E-state index >= 15 is 0 Å². The number of rotatable bonds is 5. The van der Waals surface area contributed by atoms with Crippen LogP contribution in [0.2, 0.25) is 5.15 Å². The molecule has 1 aliphatic rings. The maximum Gasteiger partial charge on any atom is 0.135 e. The molecule has 0 atom stereocenters. The lowest BCUT2D eigenvalue weighted by atomic mass is 10.2. The molecule has 1 aromatic rings. The highest BCUT2D eigenvalue weighted by Gasteiger charge is 2.28. The first-order valence-corrected chi connectivity index (χ1v) is 7.16. The Morgan fingerprint density at radius 1 is 1.28 bits per heavy atom. The highest BCUT2D eigenvalue weighted by Crippen LogP contribution is 2.39. The van der Waals surface area contributed by atoms with Crippen molar-refractivity contribution in [2.45, 2.75) is 52.5 Å². The van der Waals surface area contributed by atoms with Gasteiger partial charge in [0.25, 0.3) is 0 Å². The number of aromatic nitrogens is 2. The van der Waals surface area contributed by atoms with Gasteiger partial charge in [-0.05, 0) is 32.6 Å². The number of nitrogens with zero attached hydrogens (tertiary/aromatic N) is 3. The Hall–Kier alpha value is -0.830. The summed E-state index contributed by atoms with van der Waals surface area (Å²) in [7, 11) is 0. The normalized spacial score (nSPS) is 15.5. The van der Waals surface area contributed by atoms with Gasteiger partial charge in [0, 0.05) is 24.6 Å². The quantitative estimate of drug-likeness (QED) is 0.758. The Labute approximate surface area is 115 Å². The van der Waals surface area contributed by atoms with Crippen molar-refractivity contribution < 1.29 is 0 Å². The summed E-state index contributed by atoms with van der Waals surface area (Å²) in [4.78, 5) is 11.4. The van der Waals surface area contributed by atoms with Crippen molar-refractivity contribution in [3.63, 3.8) is 0 Å². The van der Waals surface area contributed by atoms with Crippen molar-refractivity contribution in [1.82, 2.24) is 9.97 Å². The zero-order valence-corrected chi connectivity index (χ0v) is 12.4. The molecular formula is C14H22ClN3. The Balaban J connectivity index is 2.28. The molecule has 0 aliphatic heterocycles. The molecule has 2 rings (SSSR count). The molecule has 0 amide bonds. The van der Waals surface area contributed by atoms with Crippen LogP contribution in [-0.4, -0.2) is 22.6 Å². The van der Waals surface area contributed by atoms with E-state index in [0.29, 0.717) is 23.0 Å². The van der Waals surface area contributed by atoms with E-state index in [9.17, 15) is 0 Å². The third-order valence-corrected chi connectivity index (χ3v) is 3.31. The van der Waals surface area contributed by atoms with Crippen LogP contribution in [0.3, 0.4) is 0 Å². The summed E-state index contributed by atoms with van der Waals surface area (Å²) < 4.78 is 0. The number of hydrogen-bond acceptors (Lipinski definition) is 3. The van der Waals surface area contributed by atoms with Crippen LogP contribution in [0.25, 0.3) is 0 Å². The van der Waals surface area contributed by atoms with Crippen LogP contribution < -0.4 is 4.90 Å². The summed E-state index contributed by atoms with van der Waals surface area (Å²) in [5.41, 5.74) is 0. The first-order valence-electron chi connectivity index (χ1n) is 6.78. The number of anilines is 1. The van der Waals surface area contributed by atoms with Gasteiger partial charge in [-0.1, -0.05) is 25.4 Å². The fourth-order valence-electron chi connectivity index (χ4n) is 2.06. The third-order valence-electron chi connectivity index (χ3n) is 3.12. The predicted octanol–water partition coefficient (Wildman–Crippen LogP) is 3.88. The third kappa shape index (κ3) is 3.35. The lowest BCUT2D eigenvalue weighted by Gasteiger charge is -2.29. The molecule has 0 bridgehead atoms. The number of hydrogen-bond donors (Lipinski definition) is 0. The van der Waals surface area contributed by atoms with E-state index in [2.05, 4.69) is 37.6 Å². The summed E-state index contributed by atoms with van der Waals surface area (Å²) in [5, 5.41) is 0.566. The van der Waals surface area contributed by atoms with Crippen molar-refractivity contribution in [1.29, 1.82) is 0 Å². The summed E-state index contributed by atoms with van der Waals surface area (Å²) >= 11 is 6.13. The lowest BCUT2D eigenvalue weighted by molar-refractivity contribution is 0.564. The van der Waals surface area contributed by atoms with Gasteiger partial charge < -0.3 is 4.90 Å². The monoisotopic (exact) mass is 267 g/mol. The Morgan fingerprint density at radius 2 is 1.94 bits per heavy atom. The first-order chi connectivity index (χ1) is 8.47. The zero-order chi connectivity index (χ0) is 13.3. The molecule has 0 aromatic carbocycles. The van der Waals surface area contributed by atoms with E-state index in [4.69, 9.17) is 16.6 Å². The molecule has 1 aromatic heterocycles. The minimum atomic E-state index is 0.422. The van der Waals surface area contributed by atoms with Crippen LogP contribution in [0.4, 0.5) is 5.82 Å². The second-order valence-electron chi connectivity index (χ2n) is 5.82. The van der Waals surface area contributed by atoms with Crippen LogP contribution in [0.15, 0.2) is 6.07 Å². The van der Waals surface area contributed by atoms with Gasteiger partial charge in [-0.2, -0.15) is 0 Å². The van der Waals surface area contributed by atoms with E-state index in [-0.39, 0.29) is 0 Å². The molecule has 0 N–H and O–H groups in total. The summed E-state index contributed by atoms with van der Waals surface area (Å²) in [6, 6.07) is 2.31. The number of halogens is 1. The average molecular weight is 268 g/mol. The molecule has 0 radical (unpaired) electrons. The van der Waals surface area contributed by atoms with Crippen LogP contribution in [0.5, 0.6) is 0 Å². The summed E-state index contributed by atoms with van der Waals surface area (Å²) in [6.07, 6.45) is 2.40. The molecule has 100 valence electrons. The molecular weight excluding hydrogens is 246 g/mol.